The molecule has 2 radical (unpaired) electrons. The molecular formula is C15H29BO2. The summed E-state index contributed by atoms with van der Waals surface area (Å²) in [6.45, 7) is 16.3. The van der Waals surface area contributed by atoms with Gasteiger partial charge in [0.15, 0.2) is 0 Å². The standard InChI is InChI=1S/C15H29BO2/c1-11(15(7,8)16)18-10-9-14(5,6)12(17)13(2,3)4/h11H,9-10H2,1-8H3. The first-order valence-electron chi connectivity index (χ1n) is 6.74. The maximum Gasteiger partial charge on any atom is 0.143 e. The number of ether oxygens (including phenoxy) is 1. The largest absolute Gasteiger partial charge is 0.379 e. The van der Waals surface area contributed by atoms with Gasteiger partial charge in [0.2, 0.25) is 0 Å². The van der Waals surface area contributed by atoms with Crippen molar-refractivity contribution in [2.75, 3.05) is 6.61 Å². The van der Waals surface area contributed by atoms with Crippen LogP contribution in [0.15, 0.2) is 0 Å². The number of rotatable bonds is 6. The zero-order chi connectivity index (χ0) is 14.8. The number of carbonyl (C=O) groups is 1. The third-order valence-electron chi connectivity index (χ3n) is 3.44. The second-order valence-corrected chi connectivity index (χ2v) is 7.55. The van der Waals surface area contributed by atoms with Gasteiger partial charge in [0.1, 0.15) is 5.78 Å². The van der Waals surface area contributed by atoms with E-state index >= 15 is 0 Å². The van der Waals surface area contributed by atoms with Crippen LogP contribution in [0.1, 0.15) is 61.8 Å². The Morgan fingerprint density at radius 2 is 1.56 bits per heavy atom. The lowest BCUT2D eigenvalue weighted by molar-refractivity contribution is -0.136. The lowest BCUT2D eigenvalue weighted by Gasteiger charge is -2.33. The molecule has 0 N–H and O–H groups in total. The van der Waals surface area contributed by atoms with E-state index in [1.165, 1.54) is 0 Å². The molecule has 0 aromatic heterocycles. The van der Waals surface area contributed by atoms with Crippen LogP contribution in [-0.4, -0.2) is 26.3 Å². The van der Waals surface area contributed by atoms with Crippen molar-refractivity contribution in [3.8, 4) is 0 Å². The van der Waals surface area contributed by atoms with Crippen molar-refractivity contribution in [2.45, 2.75) is 73.2 Å². The minimum absolute atomic E-state index is 0.0157. The first-order chi connectivity index (χ1) is 7.78. The smallest absolute Gasteiger partial charge is 0.143 e. The molecule has 104 valence electrons. The van der Waals surface area contributed by atoms with Gasteiger partial charge in [-0.2, -0.15) is 0 Å². The Balaban J connectivity index is 4.34. The van der Waals surface area contributed by atoms with Crippen molar-refractivity contribution >= 4 is 13.6 Å². The summed E-state index contributed by atoms with van der Waals surface area (Å²) in [6.07, 6.45) is 0.710. The highest BCUT2D eigenvalue weighted by molar-refractivity contribution is 6.15. The summed E-state index contributed by atoms with van der Waals surface area (Å²) < 4.78 is 5.73. The zero-order valence-electron chi connectivity index (χ0n) is 13.4. The monoisotopic (exact) mass is 252 g/mol. The van der Waals surface area contributed by atoms with E-state index in [9.17, 15) is 4.79 Å². The summed E-state index contributed by atoms with van der Waals surface area (Å²) in [5.41, 5.74) is -0.654. The summed E-state index contributed by atoms with van der Waals surface area (Å²) in [6, 6.07) is 0. The molecule has 0 saturated heterocycles. The van der Waals surface area contributed by atoms with E-state index in [1.54, 1.807) is 0 Å². The predicted octanol–water partition coefficient (Wildman–Crippen LogP) is 3.79. The second-order valence-electron chi connectivity index (χ2n) is 7.55. The molecule has 0 aliphatic carbocycles. The molecule has 3 heteroatoms. The third kappa shape index (κ3) is 5.56. The first kappa shape index (κ1) is 17.7. The van der Waals surface area contributed by atoms with Crippen LogP contribution in [0.2, 0.25) is 5.31 Å². The van der Waals surface area contributed by atoms with E-state index in [0.29, 0.717) is 6.61 Å². The van der Waals surface area contributed by atoms with Crippen LogP contribution in [0.5, 0.6) is 0 Å². The molecule has 1 atom stereocenters. The molecule has 0 rings (SSSR count). The molecule has 18 heavy (non-hydrogen) atoms. The van der Waals surface area contributed by atoms with Gasteiger partial charge in [-0.3, -0.25) is 4.79 Å². The van der Waals surface area contributed by atoms with Crippen LogP contribution < -0.4 is 0 Å². The fourth-order valence-electron chi connectivity index (χ4n) is 1.83. The number of hydrogen-bond donors (Lipinski definition) is 0. The first-order valence-corrected chi connectivity index (χ1v) is 6.74. The molecule has 0 aliphatic heterocycles. The van der Waals surface area contributed by atoms with Gasteiger partial charge in [0, 0.05) is 17.4 Å². The highest BCUT2D eigenvalue weighted by Gasteiger charge is 2.35. The molecule has 2 nitrogen and oxygen atoms in total. The van der Waals surface area contributed by atoms with Crippen LogP contribution in [-0.2, 0) is 9.53 Å². The summed E-state index contributed by atoms with van der Waals surface area (Å²) in [4.78, 5) is 12.3. The molecule has 0 heterocycles. The normalized spacial score (nSPS) is 15.6. The average molecular weight is 252 g/mol. The van der Waals surface area contributed by atoms with Crippen LogP contribution in [0.3, 0.4) is 0 Å². The van der Waals surface area contributed by atoms with Crippen molar-refractivity contribution in [2.24, 2.45) is 10.8 Å². The van der Waals surface area contributed by atoms with Crippen LogP contribution in [0, 0.1) is 10.8 Å². The Morgan fingerprint density at radius 3 is 1.89 bits per heavy atom. The minimum atomic E-state index is -0.350. The molecule has 0 fully saturated rings. The van der Waals surface area contributed by atoms with Crippen molar-refractivity contribution in [1.29, 1.82) is 0 Å². The Bertz CT molecular complexity index is 282. The van der Waals surface area contributed by atoms with Gasteiger partial charge in [-0.15, -0.1) is 0 Å². The SMILES string of the molecule is [B]C(C)(C)C(C)OCCC(C)(C)C(=O)C(C)(C)C. The Kier molecular flexibility index (Phi) is 5.67. The van der Waals surface area contributed by atoms with E-state index in [1.807, 2.05) is 55.4 Å². The fraction of sp³-hybridized carbons (Fsp3) is 0.933. The Morgan fingerprint density at radius 1 is 1.11 bits per heavy atom. The molecule has 0 bridgehead atoms. The molecule has 0 saturated carbocycles. The lowest BCUT2D eigenvalue weighted by Crippen LogP contribution is -2.36. The lowest BCUT2D eigenvalue weighted by atomic mass is 9.68. The predicted molar refractivity (Wildman–Crippen MR) is 78.1 cm³/mol. The van der Waals surface area contributed by atoms with Crippen molar-refractivity contribution in [1.82, 2.24) is 0 Å². The highest BCUT2D eigenvalue weighted by atomic mass is 16.5. The second kappa shape index (κ2) is 5.77. The van der Waals surface area contributed by atoms with Crippen molar-refractivity contribution < 1.29 is 9.53 Å². The van der Waals surface area contributed by atoms with E-state index in [-0.39, 0.29) is 28.0 Å². The van der Waals surface area contributed by atoms with Crippen LogP contribution >= 0.6 is 0 Å². The maximum absolute atomic E-state index is 12.3. The van der Waals surface area contributed by atoms with Crippen LogP contribution in [0.25, 0.3) is 0 Å². The van der Waals surface area contributed by atoms with Gasteiger partial charge in [0.25, 0.3) is 0 Å². The van der Waals surface area contributed by atoms with Gasteiger partial charge in [-0.25, -0.2) is 0 Å². The Labute approximate surface area is 114 Å². The number of Topliss-reactive ketones (excluding diaryl/α,β-unsaturated/α-hetero) is 1. The molecule has 0 aliphatic rings. The van der Waals surface area contributed by atoms with E-state index in [4.69, 9.17) is 12.6 Å². The van der Waals surface area contributed by atoms with Gasteiger partial charge >= 0.3 is 0 Å². The highest BCUT2D eigenvalue weighted by Crippen LogP contribution is 2.33. The number of hydrogen-bond acceptors (Lipinski definition) is 2. The molecule has 1 unspecified atom stereocenters. The fourth-order valence-corrected chi connectivity index (χ4v) is 1.83. The maximum atomic E-state index is 12.3. The van der Waals surface area contributed by atoms with Crippen molar-refractivity contribution in [3.63, 3.8) is 0 Å². The summed E-state index contributed by atoms with van der Waals surface area (Å²) in [7, 11) is 5.97. The van der Waals surface area contributed by atoms with E-state index in [0.717, 1.165) is 6.42 Å². The quantitative estimate of drug-likeness (QED) is 0.672. The topological polar surface area (TPSA) is 26.3 Å². The Hall–Kier alpha value is -0.305. The molecule has 0 amide bonds. The third-order valence-corrected chi connectivity index (χ3v) is 3.44. The summed E-state index contributed by atoms with van der Waals surface area (Å²) in [5, 5.41) is -0.349. The number of ketones is 1. The van der Waals surface area contributed by atoms with Crippen molar-refractivity contribution in [3.05, 3.63) is 0 Å². The molecule has 0 aromatic carbocycles. The van der Waals surface area contributed by atoms with Crippen LogP contribution in [0.4, 0.5) is 0 Å². The van der Waals surface area contributed by atoms with Gasteiger partial charge in [0.05, 0.1) is 14.0 Å². The molecule has 0 aromatic rings. The van der Waals surface area contributed by atoms with Gasteiger partial charge in [-0.05, 0) is 18.7 Å². The number of carbonyl (C=O) groups excluding carboxylic acids is 1. The summed E-state index contributed by atoms with van der Waals surface area (Å²) in [5.74, 6) is 0.276. The van der Waals surface area contributed by atoms with Gasteiger partial charge < -0.3 is 4.74 Å². The van der Waals surface area contributed by atoms with Gasteiger partial charge in [-0.1, -0.05) is 48.5 Å². The molecular weight excluding hydrogens is 223 g/mol. The zero-order valence-corrected chi connectivity index (χ0v) is 13.4. The van der Waals surface area contributed by atoms with E-state index in [2.05, 4.69) is 0 Å². The summed E-state index contributed by atoms with van der Waals surface area (Å²) >= 11 is 0. The van der Waals surface area contributed by atoms with E-state index < -0.39 is 0 Å². The average Bonchev–Trinajstić information content (AvgIpc) is 2.13. The molecule has 0 spiro atoms. The minimum Gasteiger partial charge on any atom is -0.379 e.